The number of anilines is 2. The first kappa shape index (κ1) is 14.0. The number of carbonyl (C=O) groups excluding carboxylic acids is 1. The summed E-state index contributed by atoms with van der Waals surface area (Å²) in [5.41, 5.74) is 1.85. The van der Waals surface area contributed by atoms with Gasteiger partial charge < -0.3 is 5.32 Å². The van der Waals surface area contributed by atoms with Crippen LogP contribution in [0.3, 0.4) is 0 Å². The van der Waals surface area contributed by atoms with Gasteiger partial charge in [-0.05, 0) is 38.1 Å². The highest BCUT2D eigenvalue weighted by molar-refractivity contribution is 6.01. The fraction of sp³-hybridized carbons (Fsp3) is 0.200. The zero-order valence-corrected chi connectivity index (χ0v) is 12.3. The van der Waals surface area contributed by atoms with Gasteiger partial charge in [-0.3, -0.25) is 15.1 Å². The molecule has 7 heteroatoms. The van der Waals surface area contributed by atoms with E-state index in [1.165, 1.54) is 0 Å². The van der Waals surface area contributed by atoms with Crippen molar-refractivity contribution < 1.29 is 4.79 Å². The van der Waals surface area contributed by atoms with Gasteiger partial charge in [0.1, 0.15) is 5.69 Å². The number of rotatable bonds is 4. The van der Waals surface area contributed by atoms with Crippen LogP contribution in [-0.2, 0) is 0 Å². The molecule has 112 valence electrons. The van der Waals surface area contributed by atoms with Crippen LogP contribution in [0.5, 0.6) is 0 Å². The quantitative estimate of drug-likeness (QED) is 0.771. The average molecular weight is 296 g/mol. The third-order valence-electron chi connectivity index (χ3n) is 2.93. The van der Waals surface area contributed by atoms with E-state index in [1.54, 1.807) is 35.1 Å². The molecule has 0 fully saturated rings. The fourth-order valence-corrected chi connectivity index (χ4v) is 2.05. The number of carbonyl (C=O) groups is 1. The van der Waals surface area contributed by atoms with Crippen LogP contribution in [0.2, 0.25) is 0 Å². The normalized spacial score (nSPS) is 10.9. The highest BCUT2D eigenvalue weighted by Crippen LogP contribution is 2.17. The Kier molecular flexibility index (Phi) is 3.69. The first-order valence-electron chi connectivity index (χ1n) is 6.98. The van der Waals surface area contributed by atoms with E-state index in [1.807, 2.05) is 26.0 Å². The standard InChI is InChI=1S/C15H16N6O/c1-10(2)17-11-7-5-9-21-13(11)18-15(20-21)19-14(22)12-6-3-4-8-16-12/h3-10,17H,1-2H3,(H,19,20,22). The van der Waals surface area contributed by atoms with E-state index in [2.05, 4.69) is 25.7 Å². The maximum absolute atomic E-state index is 12.1. The number of hydrogen-bond donors (Lipinski definition) is 2. The predicted molar refractivity (Wildman–Crippen MR) is 83.9 cm³/mol. The number of nitrogens with one attached hydrogen (secondary N) is 2. The molecule has 7 nitrogen and oxygen atoms in total. The molecule has 0 saturated heterocycles. The van der Waals surface area contributed by atoms with Gasteiger partial charge in [-0.15, -0.1) is 5.10 Å². The van der Waals surface area contributed by atoms with Gasteiger partial charge in [-0.25, -0.2) is 4.52 Å². The summed E-state index contributed by atoms with van der Waals surface area (Å²) in [6.45, 7) is 4.09. The molecule has 3 aromatic rings. The van der Waals surface area contributed by atoms with E-state index < -0.39 is 0 Å². The van der Waals surface area contributed by atoms with E-state index in [0.717, 1.165) is 5.69 Å². The zero-order valence-electron chi connectivity index (χ0n) is 12.3. The lowest BCUT2D eigenvalue weighted by molar-refractivity contribution is 0.102. The molecule has 0 atom stereocenters. The number of fused-ring (bicyclic) bond motifs is 1. The van der Waals surface area contributed by atoms with Crippen molar-refractivity contribution in [3.63, 3.8) is 0 Å². The second-order valence-electron chi connectivity index (χ2n) is 5.09. The number of amides is 1. The molecule has 0 aliphatic rings. The largest absolute Gasteiger partial charge is 0.380 e. The summed E-state index contributed by atoms with van der Waals surface area (Å²) in [5, 5.41) is 10.2. The van der Waals surface area contributed by atoms with Crippen molar-refractivity contribution in [2.24, 2.45) is 0 Å². The summed E-state index contributed by atoms with van der Waals surface area (Å²) in [4.78, 5) is 20.4. The molecule has 3 aromatic heterocycles. The minimum absolute atomic E-state index is 0.244. The molecular formula is C15H16N6O. The van der Waals surface area contributed by atoms with Gasteiger partial charge in [0, 0.05) is 18.4 Å². The lowest BCUT2D eigenvalue weighted by Gasteiger charge is -2.09. The second-order valence-corrected chi connectivity index (χ2v) is 5.09. The Morgan fingerprint density at radius 1 is 1.23 bits per heavy atom. The van der Waals surface area contributed by atoms with Crippen LogP contribution >= 0.6 is 0 Å². The smallest absolute Gasteiger partial charge is 0.276 e. The van der Waals surface area contributed by atoms with E-state index in [-0.39, 0.29) is 17.9 Å². The Hall–Kier alpha value is -2.96. The number of pyridine rings is 2. The van der Waals surface area contributed by atoms with Crippen LogP contribution in [0.25, 0.3) is 5.65 Å². The number of hydrogen-bond acceptors (Lipinski definition) is 5. The van der Waals surface area contributed by atoms with Gasteiger partial charge in [0.05, 0.1) is 5.69 Å². The molecule has 0 unspecified atom stereocenters. The lowest BCUT2D eigenvalue weighted by atomic mass is 10.3. The van der Waals surface area contributed by atoms with E-state index in [0.29, 0.717) is 11.3 Å². The number of aromatic nitrogens is 4. The van der Waals surface area contributed by atoms with Crippen LogP contribution in [0.1, 0.15) is 24.3 Å². The summed E-state index contributed by atoms with van der Waals surface area (Å²) in [6, 6.07) is 9.21. The Bertz CT molecular complexity index is 796. The molecule has 0 bridgehead atoms. The highest BCUT2D eigenvalue weighted by atomic mass is 16.2. The van der Waals surface area contributed by atoms with E-state index in [4.69, 9.17) is 0 Å². The van der Waals surface area contributed by atoms with Gasteiger partial charge in [0.2, 0.25) is 5.95 Å². The van der Waals surface area contributed by atoms with E-state index in [9.17, 15) is 4.79 Å². The SMILES string of the molecule is CC(C)Nc1cccn2nc(NC(=O)c3ccccn3)nc12. The third-order valence-corrected chi connectivity index (χ3v) is 2.93. The molecule has 0 aliphatic carbocycles. The summed E-state index contributed by atoms with van der Waals surface area (Å²) < 4.78 is 1.62. The Labute approximate surface area is 127 Å². The molecule has 2 N–H and O–H groups in total. The second kappa shape index (κ2) is 5.80. The summed E-state index contributed by atoms with van der Waals surface area (Å²) >= 11 is 0. The third kappa shape index (κ3) is 2.88. The zero-order chi connectivity index (χ0) is 15.5. The number of nitrogens with zero attached hydrogens (tertiary/aromatic N) is 4. The molecule has 0 aromatic carbocycles. The van der Waals surface area contributed by atoms with Gasteiger partial charge >= 0.3 is 0 Å². The molecule has 22 heavy (non-hydrogen) atoms. The molecule has 0 radical (unpaired) electrons. The molecule has 1 amide bonds. The lowest BCUT2D eigenvalue weighted by Crippen LogP contribution is -2.14. The molecule has 0 spiro atoms. The van der Waals surface area contributed by atoms with Gasteiger partial charge in [-0.2, -0.15) is 4.98 Å². The van der Waals surface area contributed by atoms with Crippen LogP contribution in [0.4, 0.5) is 11.6 Å². The molecular weight excluding hydrogens is 280 g/mol. The van der Waals surface area contributed by atoms with Crippen molar-refractivity contribution in [3.8, 4) is 0 Å². The maximum Gasteiger partial charge on any atom is 0.276 e. The van der Waals surface area contributed by atoms with Crippen molar-refractivity contribution in [2.75, 3.05) is 10.6 Å². The minimum Gasteiger partial charge on any atom is -0.380 e. The van der Waals surface area contributed by atoms with Crippen molar-refractivity contribution in [1.82, 2.24) is 19.6 Å². The first-order chi connectivity index (χ1) is 10.6. The first-order valence-corrected chi connectivity index (χ1v) is 6.98. The Balaban J connectivity index is 1.88. The summed E-state index contributed by atoms with van der Waals surface area (Å²) in [7, 11) is 0. The maximum atomic E-state index is 12.1. The molecule has 0 saturated carbocycles. The van der Waals surface area contributed by atoms with Crippen LogP contribution < -0.4 is 10.6 Å². The monoisotopic (exact) mass is 296 g/mol. The topological polar surface area (TPSA) is 84.2 Å². The fourth-order valence-electron chi connectivity index (χ4n) is 2.05. The predicted octanol–water partition coefficient (Wildman–Crippen LogP) is 2.20. The minimum atomic E-state index is -0.338. The summed E-state index contributed by atoms with van der Waals surface area (Å²) in [6.07, 6.45) is 3.35. The van der Waals surface area contributed by atoms with Crippen molar-refractivity contribution >= 4 is 23.2 Å². The molecule has 3 heterocycles. The average Bonchev–Trinajstić information content (AvgIpc) is 2.91. The molecule has 0 aliphatic heterocycles. The van der Waals surface area contributed by atoms with Crippen molar-refractivity contribution in [3.05, 3.63) is 48.4 Å². The summed E-state index contributed by atoms with van der Waals surface area (Å²) in [5.74, 6) is -0.0939. The van der Waals surface area contributed by atoms with Crippen LogP contribution in [-0.4, -0.2) is 31.5 Å². The molecule has 3 rings (SSSR count). The van der Waals surface area contributed by atoms with Crippen molar-refractivity contribution in [1.29, 1.82) is 0 Å². The Morgan fingerprint density at radius 2 is 2.09 bits per heavy atom. The van der Waals surface area contributed by atoms with E-state index >= 15 is 0 Å². The van der Waals surface area contributed by atoms with Gasteiger partial charge in [0.15, 0.2) is 5.65 Å². The Morgan fingerprint density at radius 3 is 2.82 bits per heavy atom. The van der Waals surface area contributed by atoms with Crippen LogP contribution in [0.15, 0.2) is 42.7 Å². The van der Waals surface area contributed by atoms with Crippen LogP contribution in [0, 0.1) is 0 Å². The highest BCUT2D eigenvalue weighted by Gasteiger charge is 2.12. The van der Waals surface area contributed by atoms with Crippen molar-refractivity contribution in [2.45, 2.75) is 19.9 Å². The van der Waals surface area contributed by atoms with Gasteiger partial charge in [0.25, 0.3) is 5.91 Å². The van der Waals surface area contributed by atoms with Gasteiger partial charge in [-0.1, -0.05) is 6.07 Å².